The number of rotatable bonds is 9. The molecule has 0 spiro atoms. The van der Waals surface area contributed by atoms with Crippen molar-refractivity contribution >= 4 is 11.6 Å². The van der Waals surface area contributed by atoms with Crippen LogP contribution >= 0.6 is 11.6 Å². The Balaban J connectivity index is 1.86. The second kappa shape index (κ2) is 11.0. The molecule has 1 N–H and O–H groups in total. The number of hydrogen-bond donors (Lipinski definition) is 1. The van der Waals surface area contributed by atoms with Gasteiger partial charge < -0.3 is 23.7 Å². The molecular formula is C25H24ClFN4O6. The predicted molar refractivity (Wildman–Crippen MR) is 132 cm³/mol. The second-order valence-electron chi connectivity index (χ2n) is 8.15. The number of methoxy groups -OCH3 is 2. The maximum atomic E-state index is 14.2. The van der Waals surface area contributed by atoms with E-state index in [1.165, 1.54) is 37.0 Å². The Morgan fingerprint density at radius 3 is 2.46 bits per heavy atom. The minimum absolute atomic E-state index is 0.0173. The van der Waals surface area contributed by atoms with Crippen LogP contribution in [0.3, 0.4) is 0 Å². The summed E-state index contributed by atoms with van der Waals surface area (Å²) in [5.41, 5.74) is -0.627. The van der Waals surface area contributed by atoms with E-state index in [2.05, 4.69) is 15.2 Å². The van der Waals surface area contributed by atoms with Crippen LogP contribution in [0.5, 0.6) is 17.4 Å². The van der Waals surface area contributed by atoms with Crippen LogP contribution in [0.15, 0.2) is 45.6 Å². The molecule has 2 heterocycles. The topological polar surface area (TPSA) is 122 Å². The average Bonchev–Trinajstić information content (AvgIpc) is 3.32. The molecule has 0 saturated carbocycles. The van der Waals surface area contributed by atoms with Gasteiger partial charge in [-0.1, -0.05) is 23.7 Å². The van der Waals surface area contributed by atoms with Gasteiger partial charge in [0.15, 0.2) is 5.56 Å². The van der Waals surface area contributed by atoms with Crippen molar-refractivity contribution in [2.24, 2.45) is 0 Å². The second-order valence-corrected chi connectivity index (χ2v) is 8.59. The molecule has 0 unspecified atom stereocenters. The summed E-state index contributed by atoms with van der Waals surface area (Å²) < 4.78 is 37.8. The number of aromatic hydroxyl groups is 1. The van der Waals surface area contributed by atoms with Crippen LogP contribution in [-0.4, -0.2) is 45.2 Å². The summed E-state index contributed by atoms with van der Waals surface area (Å²) in [5.74, 6) is -0.606. The van der Waals surface area contributed by atoms with Crippen LogP contribution in [0, 0.1) is 5.82 Å². The first kappa shape index (κ1) is 26.1. The van der Waals surface area contributed by atoms with Crippen LogP contribution in [0.25, 0.3) is 17.1 Å². The smallest absolute Gasteiger partial charge is 0.289 e. The van der Waals surface area contributed by atoms with Gasteiger partial charge >= 0.3 is 0 Å². The SMILES string of the molecule is COc1cccc(OC)c1-n1c(COC(C)C)nc(=O)c(-c2nnc(Cc3ccc(Cl)cc3F)o2)c1O. The molecule has 0 atom stereocenters. The van der Waals surface area contributed by atoms with E-state index in [-0.39, 0.29) is 58.6 Å². The van der Waals surface area contributed by atoms with Gasteiger partial charge in [0, 0.05) is 5.02 Å². The maximum Gasteiger partial charge on any atom is 0.289 e. The van der Waals surface area contributed by atoms with Crippen molar-refractivity contribution in [2.45, 2.75) is 33.0 Å². The zero-order valence-electron chi connectivity index (χ0n) is 20.5. The van der Waals surface area contributed by atoms with E-state index in [1.807, 2.05) is 13.8 Å². The fraction of sp³-hybridized carbons (Fsp3) is 0.280. The lowest BCUT2D eigenvalue weighted by Crippen LogP contribution is -2.22. The summed E-state index contributed by atoms with van der Waals surface area (Å²) >= 11 is 5.81. The number of para-hydroxylation sites is 1. The number of benzene rings is 2. The average molecular weight is 531 g/mol. The highest BCUT2D eigenvalue weighted by Gasteiger charge is 2.27. The van der Waals surface area contributed by atoms with E-state index in [0.29, 0.717) is 11.5 Å². The predicted octanol–water partition coefficient (Wildman–Crippen LogP) is 4.31. The van der Waals surface area contributed by atoms with Crippen molar-refractivity contribution < 1.29 is 28.1 Å². The lowest BCUT2D eigenvalue weighted by molar-refractivity contribution is 0.0594. The van der Waals surface area contributed by atoms with E-state index in [4.69, 9.17) is 30.2 Å². The summed E-state index contributed by atoms with van der Waals surface area (Å²) in [6.07, 6.45) is -0.238. The standard InChI is InChI=1S/C25H24ClFN4O6/c1-13(2)36-12-19-28-23(32)21(25(33)31(19)22-17(34-3)6-5-7-18(22)35-4)24-30-29-20(37-24)10-14-8-9-15(26)11-16(14)27/h5-9,11,13,33H,10,12H2,1-4H3. The van der Waals surface area contributed by atoms with E-state index >= 15 is 0 Å². The molecule has 2 aromatic heterocycles. The molecule has 10 nitrogen and oxygen atoms in total. The highest BCUT2D eigenvalue weighted by molar-refractivity contribution is 6.30. The Morgan fingerprint density at radius 1 is 1.14 bits per heavy atom. The first-order valence-corrected chi connectivity index (χ1v) is 11.6. The number of nitrogens with zero attached hydrogens (tertiary/aromatic N) is 4. The van der Waals surface area contributed by atoms with E-state index in [0.717, 1.165) is 0 Å². The van der Waals surface area contributed by atoms with Crippen LogP contribution in [-0.2, 0) is 17.8 Å². The first-order valence-electron chi connectivity index (χ1n) is 11.2. The molecular weight excluding hydrogens is 507 g/mol. The zero-order valence-corrected chi connectivity index (χ0v) is 21.2. The Labute approximate surface area is 216 Å². The quantitative estimate of drug-likeness (QED) is 0.337. The summed E-state index contributed by atoms with van der Waals surface area (Å²) in [6.45, 7) is 3.54. The van der Waals surface area contributed by atoms with Gasteiger partial charge in [0.1, 0.15) is 35.4 Å². The molecule has 37 heavy (non-hydrogen) atoms. The molecule has 0 fully saturated rings. The summed E-state index contributed by atoms with van der Waals surface area (Å²) in [4.78, 5) is 17.2. The largest absolute Gasteiger partial charge is 0.494 e. The zero-order chi connectivity index (χ0) is 26.7. The third kappa shape index (κ3) is 5.42. The van der Waals surface area contributed by atoms with Gasteiger partial charge in [0.05, 0.1) is 26.7 Å². The molecule has 4 rings (SSSR count). The molecule has 0 aliphatic rings. The molecule has 0 aliphatic heterocycles. The van der Waals surface area contributed by atoms with Crippen LogP contribution in [0.2, 0.25) is 5.02 Å². The van der Waals surface area contributed by atoms with E-state index in [1.54, 1.807) is 18.2 Å². The highest BCUT2D eigenvalue weighted by atomic mass is 35.5. The number of halogens is 2. The minimum Gasteiger partial charge on any atom is -0.494 e. The van der Waals surface area contributed by atoms with Gasteiger partial charge in [-0.25, -0.2) is 4.39 Å². The van der Waals surface area contributed by atoms with Crippen molar-refractivity contribution in [1.29, 1.82) is 0 Å². The van der Waals surface area contributed by atoms with Gasteiger partial charge in [-0.05, 0) is 43.7 Å². The highest BCUT2D eigenvalue weighted by Crippen LogP contribution is 2.38. The molecule has 0 bridgehead atoms. The molecule has 0 saturated heterocycles. The molecule has 4 aromatic rings. The van der Waals surface area contributed by atoms with Crippen molar-refractivity contribution in [3.63, 3.8) is 0 Å². The van der Waals surface area contributed by atoms with Gasteiger partial charge in [-0.3, -0.25) is 9.36 Å². The number of aromatic nitrogens is 4. The molecule has 0 radical (unpaired) electrons. The summed E-state index contributed by atoms with van der Waals surface area (Å²) in [6, 6.07) is 9.22. The lowest BCUT2D eigenvalue weighted by Gasteiger charge is -2.20. The van der Waals surface area contributed by atoms with E-state index in [9.17, 15) is 14.3 Å². The first-order chi connectivity index (χ1) is 17.7. The van der Waals surface area contributed by atoms with Gasteiger partial charge in [0.25, 0.3) is 11.4 Å². The Bertz CT molecular complexity index is 1460. The Hall–Kier alpha value is -3.96. The molecule has 0 aliphatic carbocycles. The van der Waals surface area contributed by atoms with Gasteiger partial charge in [-0.15, -0.1) is 10.2 Å². The summed E-state index contributed by atoms with van der Waals surface area (Å²) in [5, 5.41) is 19.4. The third-order valence-electron chi connectivity index (χ3n) is 5.35. The van der Waals surface area contributed by atoms with Crippen molar-refractivity contribution in [3.8, 4) is 34.5 Å². The van der Waals surface area contributed by atoms with E-state index < -0.39 is 17.3 Å². The van der Waals surface area contributed by atoms with Gasteiger partial charge in [-0.2, -0.15) is 4.98 Å². The Kier molecular flexibility index (Phi) is 7.74. The molecule has 2 aromatic carbocycles. The number of ether oxygens (including phenoxy) is 3. The lowest BCUT2D eigenvalue weighted by atomic mass is 10.1. The van der Waals surface area contributed by atoms with Crippen molar-refractivity contribution in [2.75, 3.05) is 14.2 Å². The normalized spacial score (nSPS) is 11.2. The molecule has 12 heteroatoms. The van der Waals surface area contributed by atoms with Crippen molar-refractivity contribution in [3.05, 3.63) is 74.9 Å². The monoisotopic (exact) mass is 530 g/mol. The maximum absolute atomic E-state index is 14.2. The minimum atomic E-state index is -0.821. The molecule has 0 amide bonds. The van der Waals surface area contributed by atoms with Crippen LogP contribution in [0.4, 0.5) is 4.39 Å². The summed E-state index contributed by atoms with van der Waals surface area (Å²) in [7, 11) is 2.91. The molecule has 194 valence electrons. The van der Waals surface area contributed by atoms with Crippen LogP contribution in [0.1, 0.15) is 31.1 Å². The fourth-order valence-electron chi connectivity index (χ4n) is 3.62. The van der Waals surface area contributed by atoms with Crippen LogP contribution < -0.4 is 15.0 Å². The van der Waals surface area contributed by atoms with Gasteiger partial charge in [0.2, 0.25) is 11.8 Å². The third-order valence-corrected chi connectivity index (χ3v) is 5.58. The fourth-order valence-corrected chi connectivity index (χ4v) is 3.78. The van der Waals surface area contributed by atoms with Crippen molar-refractivity contribution in [1.82, 2.24) is 19.7 Å². The Morgan fingerprint density at radius 2 is 1.84 bits per heavy atom. The number of hydrogen-bond acceptors (Lipinski definition) is 9.